The van der Waals surface area contributed by atoms with Gasteiger partial charge in [0.05, 0.1) is 18.0 Å². The highest BCUT2D eigenvalue weighted by Gasteiger charge is 2.37. The number of carbonyl (C=O) groups is 1. The number of aromatic nitrogens is 3. The number of halogens is 3. The first-order valence-corrected chi connectivity index (χ1v) is 10.5. The molecule has 1 saturated heterocycles. The molecule has 3 heterocycles. The molecule has 6 nitrogen and oxygen atoms in total. The van der Waals surface area contributed by atoms with E-state index in [9.17, 15) is 18.0 Å². The summed E-state index contributed by atoms with van der Waals surface area (Å²) in [5.41, 5.74) is 1.26. The minimum Gasteiger partial charge on any atom is -0.355 e. The van der Waals surface area contributed by atoms with Crippen LogP contribution < -0.4 is 10.2 Å². The number of alkyl halides is 3. The number of anilines is 1. The molecule has 0 saturated carbocycles. The molecule has 1 aliphatic heterocycles. The summed E-state index contributed by atoms with van der Waals surface area (Å²) in [7, 11) is 0. The highest BCUT2D eigenvalue weighted by molar-refractivity contribution is 5.79. The van der Waals surface area contributed by atoms with E-state index in [1.807, 2.05) is 41.2 Å². The second kappa shape index (κ2) is 9.42. The summed E-state index contributed by atoms with van der Waals surface area (Å²) in [5.74, 6) is -0.666. The predicted molar refractivity (Wildman–Crippen MR) is 114 cm³/mol. The van der Waals surface area contributed by atoms with E-state index in [1.165, 1.54) is 12.3 Å². The van der Waals surface area contributed by atoms with Crippen molar-refractivity contribution in [3.63, 3.8) is 0 Å². The number of nitrogens with one attached hydrogen (secondary N) is 1. The number of piperidine rings is 1. The van der Waals surface area contributed by atoms with Crippen molar-refractivity contribution in [1.82, 2.24) is 20.1 Å². The third-order valence-corrected chi connectivity index (χ3v) is 5.65. The van der Waals surface area contributed by atoms with E-state index < -0.39 is 17.7 Å². The average molecular weight is 443 g/mol. The Balaban J connectivity index is 1.41. The van der Waals surface area contributed by atoms with Gasteiger partial charge in [0.1, 0.15) is 5.82 Å². The van der Waals surface area contributed by atoms with Crippen molar-refractivity contribution in [3.8, 4) is 0 Å². The van der Waals surface area contributed by atoms with Gasteiger partial charge in [0.15, 0.2) is 0 Å². The van der Waals surface area contributed by atoms with Gasteiger partial charge in [-0.15, -0.1) is 0 Å². The van der Waals surface area contributed by atoms with E-state index in [2.05, 4.69) is 15.4 Å². The van der Waals surface area contributed by atoms with Gasteiger partial charge in [-0.2, -0.15) is 18.3 Å². The van der Waals surface area contributed by atoms with Crippen molar-refractivity contribution in [2.24, 2.45) is 5.92 Å². The summed E-state index contributed by atoms with van der Waals surface area (Å²) in [5, 5.41) is 7.19. The van der Waals surface area contributed by atoms with Crippen molar-refractivity contribution in [3.05, 3.63) is 77.7 Å². The molecule has 4 rings (SSSR count). The highest BCUT2D eigenvalue weighted by atomic mass is 19.4. The number of amides is 1. The quantitative estimate of drug-likeness (QED) is 0.628. The van der Waals surface area contributed by atoms with Crippen LogP contribution in [0.15, 0.2) is 61.1 Å². The zero-order valence-corrected chi connectivity index (χ0v) is 17.4. The minimum absolute atomic E-state index is 0.109. The van der Waals surface area contributed by atoms with Crippen molar-refractivity contribution in [2.75, 3.05) is 18.0 Å². The van der Waals surface area contributed by atoms with Crippen molar-refractivity contribution in [2.45, 2.75) is 32.1 Å². The van der Waals surface area contributed by atoms with Gasteiger partial charge < -0.3 is 10.2 Å². The molecule has 1 amide bonds. The Kier molecular flexibility index (Phi) is 6.43. The van der Waals surface area contributed by atoms with Crippen LogP contribution in [0.2, 0.25) is 0 Å². The molecule has 32 heavy (non-hydrogen) atoms. The molecule has 9 heteroatoms. The SMILES string of the molecule is O=C(NCc1ccccc1Cn1cccn1)C1CCCN(c2ncccc2C(F)(F)F)C1. The van der Waals surface area contributed by atoms with E-state index in [4.69, 9.17) is 0 Å². The lowest BCUT2D eigenvalue weighted by Gasteiger charge is -2.34. The van der Waals surface area contributed by atoms with Crippen LogP contribution in [-0.4, -0.2) is 33.8 Å². The van der Waals surface area contributed by atoms with Gasteiger partial charge in [-0.05, 0) is 42.2 Å². The Labute approximate surface area is 184 Å². The van der Waals surface area contributed by atoms with Crippen molar-refractivity contribution >= 4 is 11.7 Å². The smallest absolute Gasteiger partial charge is 0.355 e. The maximum absolute atomic E-state index is 13.4. The van der Waals surface area contributed by atoms with Crippen LogP contribution >= 0.6 is 0 Å². The van der Waals surface area contributed by atoms with Crippen LogP contribution in [0.25, 0.3) is 0 Å². The Morgan fingerprint density at radius 1 is 1.09 bits per heavy atom. The molecule has 1 fully saturated rings. The molecule has 1 N–H and O–H groups in total. The fraction of sp³-hybridized carbons (Fsp3) is 0.348. The van der Waals surface area contributed by atoms with Crippen molar-refractivity contribution in [1.29, 1.82) is 0 Å². The Hall–Kier alpha value is -3.36. The maximum Gasteiger partial charge on any atom is 0.419 e. The minimum atomic E-state index is -4.49. The third-order valence-electron chi connectivity index (χ3n) is 5.65. The van der Waals surface area contributed by atoms with Gasteiger partial charge in [-0.1, -0.05) is 24.3 Å². The molecule has 0 spiro atoms. The molecule has 0 aliphatic carbocycles. The van der Waals surface area contributed by atoms with Gasteiger partial charge in [0, 0.05) is 38.2 Å². The van der Waals surface area contributed by atoms with Gasteiger partial charge in [-0.3, -0.25) is 9.48 Å². The van der Waals surface area contributed by atoms with Gasteiger partial charge in [0.25, 0.3) is 0 Å². The monoisotopic (exact) mass is 443 g/mol. The molecular formula is C23H24F3N5O. The highest BCUT2D eigenvalue weighted by Crippen LogP contribution is 2.36. The fourth-order valence-electron chi connectivity index (χ4n) is 4.03. The zero-order valence-electron chi connectivity index (χ0n) is 17.4. The van der Waals surface area contributed by atoms with Crippen LogP contribution in [0.1, 0.15) is 29.5 Å². The van der Waals surface area contributed by atoms with E-state index in [0.717, 1.165) is 17.2 Å². The zero-order chi connectivity index (χ0) is 22.6. The topological polar surface area (TPSA) is 63.1 Å². The van der Waals surface area contributed by atoms with E-state index in [-0.39, 0.29) is 18.3 Å². The first-order valence-electron chi connectivity index (χ1n) is 10.5. The van der Waals surface area contributed by atoms with Crippen LogP contribution in [-0.2, 0) is 24.1 Å². The largest absolute Gasteiger partial charge is 0.419 e. The molecule has 3 aromatic rings. The Bertz CT molecular complexity index is 1050. The summed E-state index contributed by atoms with van der Waals surface area (Å²) in [6.45, 7) is 1.59. The molecule has 1 aliphatic rings. The molecule has 168 valence electrons. The predicted octanol–water partition coefficient (Wildman–Crippen LogP) is 3.88. The number of hydrogen-bond donors (Lipinski definition) is 1. The maximum atomic E-state index is 13.4. The van der Waals surface area contributed by atoms with Crippen molar-refractivity contribution < 1.29 is 18.0 Å². The summed E-state index contributed by atoms with van der Waals surface area (Å²) in [4.78, 5) is 18.4. The first-order chi connectivity index (χ1) is 15.4. The average Bonchev–Trinajstić information content (AvgIpc) is 3.31. The molecule has 0 radical (unpaired) electrons. The number of hydrogen-bond acceptors (Lipinski definition) is 4. The fourth-order valence-corrected chi connectivity index (χ4v) is 4.03. The second-order valence-corrected chi connectivity index (χ2v) is 7.85. The molecular weight excluding hydrogens is 419 g/mol. The van der Waals surface area contributed by atoms with E-state index in [0.29, 0.717) is 32.5 Å². The summed E-state index contributed by atoms with van der Waals surface area (Å²) in [6.07, 6.45) is 1.71. The normalized spacial score (nSPS) is 16.7. The first kappa shape index (κ1) is 21.9. The van der Waals surface area contributed by atoms with Gasteiger partial charge >= 0.3 is 6.18 Å². The molecule has 0 bridgehead atoms. The lowest BCUT2D eigenvalue weighted by atomic mass is 9.96. The second-order valence-electron chi connectivity index (χ2n) is 7.85. The molecule has 1 atom stereocenters. The molecule has 1 aromatic carbocycles. The Morgan fingerprint density at radius 3 is 2.66 bits per heavy atom. The third kappa shape index (κ3) is 5.09. The number of rotatable bonds is 6. The number of nitrogens with zero attached hydrogens (tertiary/aromatic N) is 4. The summed E-state index contributed by atoms with van der Waals surface area (Å²) in [6, 6.07) is 12.0. The summed E-state index contributed by atoms with van der Waals surface area (Å²) >= 11 is 0. The van der Waals surface area contributed by atoms with Crippen LogP contribution in [0.5, 0.6) is 0 Å². The summed E-state index contributed by atoms with van der Waals surface area (Å²) < 4.78 is 42.0. The van der Waals surface area contributed by atoms with Crippen LogP contribution in [0.3, 0.4) is 0 Å². The number of pyridine rings is 1. The standard InChI is InChI=1S/C23H24F3N5O/c24-23(25,26)20-9-3-10-27-21(20)30-12-4-8-19(15-30)22(32)28-14-17-6-1-2-7-18(17)16-31-13-5-11-29-31/h1-3,5-7,9-11,13,19H,4,8,12,14-16H2,(H,28,32). The van der Waals surface area contributed by atoms with E-state index >= 15 is 0 Å². The van der Waals surface area contributed by atoms with Crippen LogP contribution in [0, 0.1) is 5.92 Å². The lowest BCUT2D eigenvalue weighted by Crippen LogP contribution is -2.43. The van der Waals surface area contributed by atoms with Crippen LogP contribution in [0.4, 0.5) is 19.0 Å². The van der Waals surface area contributed by atoms with Gasteiger partial charge in [0.2, 0.25) is 5.91 Å². The van der Waals surface area contributed by atoms with Gasteiger partial charge in [-0.25, -0.2) is 4.98 Å². The lowest BCUT2D eigenvalue weighted by molar-refractivity contribution is -0.137. The van der Waals surface area contributed by atoms with E-state index in [1.54, 1.807) is 11.1 Å². The number of carbonyl (C=O) groups excluding carboxylic acids is 1. The Morgan fingerprint density at radius 2 is 1.91 bits per heavy atom. The molecule has 1 unspecified atom stereocenters. The number of benzene rings is 1. The molecule has 2 aromatic heterocycles.